The molecule has 0 bridgehead atoms. The number of hydrogen-bond acceptors (Lipinski definition) is 3. The molecule has 0 radical (unpaired) electrons. The van der Waals surface area contributed by atoms with Crippen molar-refractivity contribution in [3.63, 3.8) is 0 Å². The Balaban J connectivity index is 2.06. The van der Waals surface area contributed by atoms with Gasteiger partial charge in [0, 0.05) is 11.6 Å². The summed E-state index contributed by atoms with van der Waals surface area (Å²) in [7, 11) is 0. The van der Waals surface area contributed by atoms with Crippen LogP contribution in [0.4, 0.5) is 5.69 Å². The van der Waals surface area contributed by atoms with Gasteiger partial charge in [-0.2, -0.15) is 5.10 Å². The summed E-state index contributed by atoms with van der Waals surface area (Å²) in [5.74, 6) is 5.38. The lowest BCUT2D eigenvalue weighted by molar-refractivity contribution is -0.117. The van der Waals surface area contributed by atoms with Crippen LogP contribution in [0, 0.1) is 5.92 Å². The Kier molecular flexibility index (Phi) is 2.67. The van der Waals surface area contributed by atoms with Gasteiger partial charge in [-0.1, -0.05) is 12.1 Å². The minimum absolute atomic E-state index is 0.108. The van der Waals surface area contributed by atoms with Crippen LogP contribution in [-0.2, 0) is 4.79 Å². The highest BCUT2D eigenvalue weighted by Crippen LogP contribution is 2.30. The molecule has 0 unspecified atom stereocenters. The molecular formula is C11H13N3O. The molecule has 1 aliphatic carbocycles. The van der Waals surface area contributed by atoms with Gasteiger partial charge in [0.05, 0.1) is 6.21 Å². The Bertz CT molecular complexity index is 397. The second-order valence-corrected chi connectivity index (χ2v) is 3.67. The number of anilines is 1. The first-order valence-corrected chi connectivity index (χ1v) is 4.94. The molecule has 3 N–H and O–H groups in total. The van der Waals surface area contributed by atoms with E-state index >= 15 is 0 Å². The highest BCUT2D eigenvalue weighted by Gasteiger charge is 2.29. The van der Waals surface area contributed by atoms with Gasteiger partial charge in [-0.05, 0) is 30.5 Å². The van der Waals surface area contributed by atoms with Gasteiger partial charge in [-0.15, -0.1) is 0 Å². The third-order valence-corrected chi connectivity index (χ3v) is 2.33. The van der Waals surface area contributed by atoms with Crippen molar-refractivity contribution in [2.75, 3.05) is 5.32 Å². The van der Waals surface area contributed by atoms with Crippen molar-refractivity contribution in [2.24, 2.45) is 16.9 Å². The van der Waals surface area contributed by atoms with Gasteiger partial charge in [-0.25, -0.2) is 0 Å². The summed E-state index contributed by atoms with van der Waals surface area (Å²) in [5.41, 5.74) is 1.68. The van der Waals surface area contributed by atoms with Crippen LogP contribution in [0.25, 0.3) is 0 Å². The molecule has 1 saturated carbocycles. The first-order chi connectivity index (χ1) is 7.29. The molecular weight excluding hydrogens is 190 g/mol. The van der Waals surface area contributed by atoms with Crippen molar-refractivity contribution in [3.05, 3.63) is 29.8 Å². The summed E-state index contributed by atoms with van der Waals surface area (Å²) in [5, 5.41) is 6.30. The van der Waals surface area contributed by atoms with Gasteiger partial charge < -0.3 is 11.2 Å². The molecule has 2 rings (SSSR count). The summed E-state index contributed by atoms with van der Waals surface area (Å²) < 4.78 is 0. The van der Waals surface area contributed by atoms with E-state index in [9.17, 15) is 4.79 Å². The topological polar surface area (TPSA) is 67.5 Å². The maximum absolute atomic E-state index is 11.5. The second-order valence-electron chi connectivity index (χ2n) is 3.67. The summed E-state index contributed by atoms with van der Waals surface area (Å²) in [6, 6.07) is 7.44. The number of rotatable bonds is 3. The van der Waals surface area contributed by atoms with Gasteiger partial charge in [0.25, 0.3) is 0 Å². The molecule has 0 saturated heterocycles. The average Bonchev–Trinajstić information content (AvgIpc) is 3.01. The average molecular weight is 203 g/mol. The van der Waals surface area contributed by atoms with Gasteiger partial charge >= 0.3 is 0 Å². The largest absolute Gasteiger partial charge is 0.326 e. The van der Waals surface area contributed by atoms with Crippen LogP contribution >= 0.6 is 0 Å². The van der Waals surface area contributed by atoms with Crippen LogP contribution in [0.1, 0.15) is 18.4 Å². The van der Waals surface area contributed by atoms with Gasteiger partial charge in [0.2, 0.25) is 5.91 Å². The molecule has 0 heterocycles. The zero-order valence-electron chi connectivity index (χ0n) is 8.31. The van der Waals surface area contributed by atoms with Crippen LogP contribution in [0.5, 0.6) is 0 Å². The van der Waals surface area contributed by atoms with Crippen molar-refractivity contribution in [1.82, 2.24) is 0 Å². The molecule has 0 aromatic heterocycles. The zero-order valence-corrected chi connectivity index (χ0v) is 8.31. The number of carbonyl (C=O) groups is 1. The smallest absolute Gasteiger partial charge is 0.227 e. The van der Waals surface area contributed by atoms with Crippen LogP contribution in [0.15, 0.2) is 29.4 Å². The summed E-state index contributed by atoms with van der Waals surface area (Å²) in [6.45, 7) is 0. The second kappa shape index (κ2) is 4.13. The fourth-order valence-corrected chi connectivity index (χ4v) is 1.37. The van der Waals surface area contributed by atoms with Gasteiger partial charge in [0.1, 0.15) is 0 Å². The lowest BCUT2D eigenvalue weighted by Crippen LogP contribution is -2.13. The van der Waals surface area contributed by atoms with E-state index in [-0.39, 0.29) is 11.8 Å². The Hall–Kier alpha value is -1.84. The van der Waals surface area contributed by atoms with Crippen LogP contribution in [0.3, 0.4) is 0 Å². The predicted octanol–water partition coefficient (Wildman–Crippen LogP) is 1.33. The molecule has 1 aromatic rings. The maximum Gasteiger partial charge on any atom is 0.227 e. The number of hydrogen-bond donors (Lipinski definition) is 2. The van der Waals surface area contributed by atoms with E-state index in [0.717, 1.165) is 24.1 Å². The first-order valence-electron chi connectivity index (χ1n) is 4.94. The van der Waals surface area contributed by atoms with Crippen LogP contribution in [-0.4, -0.2) is 12.1 Å². The van der Waals surface area contributed by atoms with Crippen molar-refractivity contribution in [3.8, 4) is 0 Å². The van der Waals surface area contributed by atoms with E-state index in [4.69, 9.17) is 5.84 Å². The normalized spacial score (nSPS) is 15.5. The van der Waals surface area contributed by atoms with Crippen molar-refractivity contribution in [1.29, 1.82) is 0 Å². The molecule has 4 nitrogen and oxygen atoms in total. The molecule has 0 atom stereocenters. The quantitative estimate of drug-likeness (QED) is 0.442. The standard InChI is InChI=1S/C11H13N3O/c12-13-7-8-2-1-3-10(6-8)14-11(15)9-4-5-9/h1-3,6-7,9H,4-5,12H2,(H,14,15)/b13-7-. The summed E-state index contributed by atoms with van der Waals surface area (Å²) in [4.78, 5) is 11.5. The third-order valence-electron chi connectivity index (χ3n) is 2.33. The fraction of sp³-hybridized carbons (Fsp3) is 0.273. The lowest BCUT2D eigenvalue weighted by atomic mass is 10.2. The van der Waals surface area contributed by atoms with E-state index < -0.39 is 0 Å². The molecule has 1 aliphatic rings. The minimum Gasteiger partial charge on any atom is -0.326 e. The third kappa shape index (κ3) is 2.56. The lowest BCUT2D eigenvalue weighted by Gasteiger charge is -2.04. The van der Waals surface area contributed by atoms with E-state index in [1.807, 2.05) is 24.3 Å². The predicted molar refractivity (Wildman–Crippen MR) is 59.6 cm³/mol. The number of carbonyl (C=O) groups excluding carboxylic acids is 1. The SMILES string of the molecule is N/N=C\c1cccc(NC(=O)C2CC2)c1. The molecule has 4 heteroatoms. The maximum atomic E-state index is 11.5. The number of hydrazone groups is 1. The minimum atomic E-state index is 0.108. The highest BCUT2D eigenvalue weighted by atomic mass is 16.2. The van der Waals surface area contributed by atoms with E-state index in [1.54, 1.807) is 6.21 Å². The first kappa shape index (κ1) is 9.71. The molecule has 0 spiro atoms. The molecule has 0 aliphatic heterocycles. The summed E-state index contributed by atoms with van der Waals surface area (Å²) >= 11 is 0. The Morgan fingerprint density at radius 3 is 3.00 bits per heavy atom. The highest BCUT2D eigenvalue weighted by molar-refractivity contribution is 5.95. The van der Waals surface area contributed by atoms with Crippen molar-refractivity contribution < 1.29 is 4.79 Å². The zero-order chi connectivity index (χ0) is 10.7. The van der Waals surface area contributed by atoms with E-state index in [2.05, 4.69) is 10.4 Å². The fourth-order valence-electron chi connectivity index (χ4n) is 1.37. The number of benzene rings is 1. The molecule has 1 aromatic carbocycles. The number of amides is 1. The van der Waals surface area contributed by atoms with E-state index in [0.29, 0.717) is 0 Å². The Morgan fingerprint density at radius 2 is 2.33 bits per heavy atom. The van der Waals surface area contributed by atoms with Gasteiger partial charge in [-0.3, -0.25) is 4.79 Å². The van der Waals surface area contributed by atoms with Crippen LogP contribution < -0.4 is 11.2 Å². The molecule has 1 amide bonds. The number of nitrogens with one attached hydrogen (secondary N) is 1. The molecule has 15 heavy (non-hydrogen) atoms. The van der Waals surface area contributed by atoms with Crippen molar-refractivity contribution >= 4 is 17.8 Å². The molecule has 78 valence electrons. The van der Waals surface area contributed by atoms with E-state index in [1.165, 1.54) is 0 Å². The number of nitrogens with two attached hydrogens (primary N) is 1. The summed E-state index contributed by atoms with van der Waals surface area (Å²) in [6.07, 6.45) is 3.57. The van der Waals surface area contributed by atoms with Crippen LogP contribution in [0.2, 0.25) is 0 Å². The Labute approximate surface area is 88.2 Å². The van der Waals surface area contributed by atoms with Crippen molar-refractivity contribution in [2.45, 2.75) is 12.8 Å². The Morgan fingerprint density at radius 1 is 1.53 bits per heavy atom. The number of nitrogens with zero attached hydrogens (tertiary/aromatic N) is 1. The monoisotopic (exact) mass is 203 g/mol. The molecule has 1 fully saturated rings. The van der Waals surface area contributed by atoms with Gasteiger partial charge in [0.15, 0.2) is 0 Å².